The average Bonchev–Trinajstić information content (AvgIpc) is 3.14. The molecule has 0 atom stereocenters. The molecule has 0 radical (unpaired) electrons. The van der Waals surface area contributed by atoms with Crippen LogP contribution in [0.2, 0.25) is 10.0 Å². The minimum Gasteiger partial charge on any atom is -0.351 e. The molecule has 0 aliphatic carbocycles. The van der Waals surface area contributed by atoms with Crippen molar-refractivity contribution in [3.05, 3.63) is 87.9 Å². The van der Waals surface area contributed by atoms with Crippen LogP contribution >= 0.6 is 23.2 Å². The fourth-order valence-corrected chi connectivity index (χ4v) is 3.93. The lowest BCUT2D eigenvalue weighted by molar-refractivity contribution is 0.0954. The molecule has 4 aromatic rings. The van der Waals surface area contributed by atoms with Crippen molar-refractivity contribution in [3.63, 3.8) is 0 Å². The van der Waals surface area contributed by atoms with E-state index in [-0.39, 0.29) is 5.91 Å². The summed E-state index contributed by atoms with van der Waals surface area (Å²) in [5.74, 6) is 0.644. The Labute approximate surface area is 197 Å². The number of rotatable bonds is 8. The maximum absolute atomic E-state index is 12.6. The van der Waals surface area contributed by atoms with Crippen LogP contribution < -0.4 is 10.6 Å². The molecular weight excluding hydrogens is 443 g/mol. The van der Waals surface area contributed by atoms with Gasteiger partial charge in [0.15, 0.2) is 0 Å². The van der Waals surface area contributed by atoms with Crippen LogP contribution in [0.25, 0.3) is 22.4 Å². The summed E-state index contributed by atoms with van der Waals surface area (Å²) in [6, 6.07) is 21.3. The van der Waals surface area contributed by atoms with E-state index in [1.807, 2.05) is 55.5 Å². The Morgan fingerprint density at radius 2 is 1.75 bits per heavy atom. The third-order valence-electron chi connectivity index (χ3n) is 5.19. The first kappa shape index (κ1) is 22.3. The predicted molar refractivity (Wildman–Crippen MR) is 132 cm³/mol. The van der Waals surface area contributed by atoms with Crippen molar-refractivity contribution >= 4 is 40.1 Å². The van der Waals surface area contributed by atoms with Gasteiger partial charge in [-0.3, -0.25) is 4.79 Å². The van der Waals surface area contributed by atoms with E-state index in [0.29, 0.717) is 28.7 Å². The number of benzene rings is 3. The zero-order chi connectivity index (χ0) is 22.5. The van der Waals surface area contributed by atoms with Gasteiger partial charge in [0.05, 0.1) is 21.1 Å². The van der Waals surface area contributed by atoms with Crippen molar-refractivity contribution in [1.29, 1.82) is 0 Å². The van der Waals surface area contributed by atoms with Gasteiger partial charge < -0.3 is 15.2 Å². The van der Waals surface area contributed by atoms with Crippen molar-refractivity contribution < 1.29 is 4.79 Å². The highest BCUT2D eigenvalue weighted by Crippen LogP contribution is 2.32. The Morgan fingerprint density at radius 3 is 2.53 bits per heavy atom. The molecule has 1 heterocycles. The molecule has 1 aromatic heterocycles. The van der Waals surface area contributed by atoms with Crippen molar-refractivity contribution in [2.45, 2.75) is 13.5 Å². The SMILES string of the molecule is CCNCCNC(=O)c1cccc(-c2nc3cc(Cl)c(Cl)cc3n2Cc2ccccc2)c1. The lowest BCUT2D eigenvalue weighted by atomic mass is 10.1. The van der Waals surface area contributed by atoms with E-state index in [1.165, 1.54) is 0 Å². The highest BCUT2D eigenvalue weighted by atomic mass is 35.5. The fraction of sp³-hybridized carbons (Fsp3) is 0.200. The second kappa shape index (κ2) is 10.2. The summed E-state index contributed by atoms with van der Waals surface area (Å²) in [4.78, 5) is 17.5. The van der Waals surface area contributed by atoms with Crippen LogP contribution in [0.5, 0.6) is 0 Å². The Hall–Kier alpha value is -2.86. The van der Waals surface area contributed by atoms with E-state index in [2.05, 4.69) is 27.3 Å². The first-order chi connectivity index (χ1) is 15.6. The van der Waals surface area contributed by atoms with E-state index in [9.17, 15) is 4.79 Å². The van der Waals surface area contributed by atoms with E-state index >= 15 is 0 Å². The Balaban J connectivity index is 1.73. The van der Waals surface area contributed by atoms with Crippen LogP contribution in [0.4, 0.5) is 0 Å². The number of halogens is 2. The quantitative estimate of drug-likeness (QED) is 0.342. The lowest BCUT2D eigenvalue weighted by Crippen LogP contribution is -2.31. The third-order valence-corrected chi connectivity index (χ3v) is 5.92. The highest BCUT2D eigenvalue weighted by Gasteiger charge is 2.16. The molecule has 2 N–H and O–H groups in total. The largest absolute Gasteiger partial charge is 0.351 e. The number of hydrogen-bond donors (Lipinski definition) is 2. The van der Waals surface area contributed by atoms with E-state index in [1.54, 1.807) is 6.07 Å². The minimum absolute atomic E-state index is 0.110. The first-order valence-corrected chi connectivity index (χ1v) is 11.3. The number of imidazole rings is 1. The Bertz CT molecular complexity index is 1240. The summed E-state index contributed by atoms with van der Waals surface area (Å²) >= 11 is 12.6. The molecule has 0 spiro atoms. The number of carbonyl (C=O) groups excluding carboxylic acids is 1. The topological polar surface area (TPSA) is 58.9 Å². The molecule has 164 valence electrons. The molecular formula is C25H24Cl2N4O. The van der Waals surface area contributed by atoms with E-state index in [0.717, 1.165) is 41.1 Å². The van der Waals surface area contributed by atoms with Gasteiger partial charge >= 0.3 is 0 Å². The first-order valence-electron chi connectivity index (χ1n) is 10.6. The van der Waals surface area contributed by atoms with Crippen LogP contribution in [0.1, 0.15) is 22.8 Å². The minimum atomic E-state index is -0.110. The standard InChI is InChI=1S/C25H24Cl2N4O/c1-2-28-11-12-29-25(32)19-10-6-9-18(13-19)24-30-22-14-20(26)21(27)15-23(22)31(24)16-17-7-4-3-5-8-17/h3-10,13-15,28H,2,11-12,16H2,1H3,(H,29,32). The van der Waals surface area contributed by atoms with Gasteiger partial charge in [0.2, 0.25) is 0 Å². The van der Waals surface area contributed by atoms with Crippen LogP contribution in [0, 0.1) is 0 Å². The monoisotopic (exact) mass is 466 g/mol. The summed E-state index contributed by atoms with van der Waals surface area (Å²) in [5, 5.41) is 7.08. The molecule has 0 saturated heterocycles. The van der Waals surface area contributed by atoms with E-state index < -0.39 is 0 Å². The molecule has 0 bridgehead atoms. The molecule has 4 rings (SSSR count). The number of likely N-dealkylation sites (N-methyl/N-ethyl adjacent to an activating group) is 1. The van der Waals surface area contributed by atoms with Crippen LogP contribution in [-0.4, -0.2) is 35.1 Å². The number of amides is 1. The molecule has 0 aliphatic rings. The summed E-state index contributed by atoms with van der Waals surface area (Å²) in [6.45, 7) is 4.82. The van der Waals surface area contributed by atoms with E-state index in [4.69, 9.17) is 28.2 Å². The third kappa shape index (κ3) is 4.96. The number of nitrogens with one attached hydrogen (secondary N) is 2. The molecule has 0 aliphatic heterocycles. The lowest BCUT2D eigenvalue weighted by Gasteiger charge is -2.11. The van der Waals surface area contributed by atoms with Gasteiger partial charge in [-0.2, -0.15) is 0 Å². The number of hydrogen-bond acceptors (Lipinski definition) is 3. The normalized spacial score (nSPS) is 11.1. The highest BCUT2D eigenvalue weighted by molar-refractivity contribution is 6.42. The van der Waals surface area contributed by atoms with Crippen LogP contribution in [-0.2, 0) is 6.54 Å². The maximum atomic E-state index is 12.6. The number of fused-ring (bicyclic) bond motifs is 1. The molecule has 1 amide bonds. The van der Waals surface area contributed by atoms with Crippen molar-refractivity contribution in [3.8, 4) is 11.4 Å². The summed E-state index contributed by atoms with van der Waals surface area (Å²) in [6.07, 6.45) is 0. The van der Waals surface area contributed by atoms with Gasteiger partial charge in [-0.15, -0.1) is 0 Å². The molecule has 0 fully saturated rings. The van der Waals surface area contributed by atoms with Gasteiger partial charge in [-0.05, 0) is 36.4 Å². The zero-order valence-corrected chi connectivity index (χ0v) is 19.2. The smallest absolute Gasteiger partial charge is 0.251 e. The fourth-order valence-electron chi connectivity index (χ4n) is 3.61. The van der Waals surface area contributed by atoms with Gasteiger partial charge in [-0.1, -0.05) is 72.6 Å². The average molecular weight is 467 g/mol. The molecule has 0 saturated carbocycles. The van der Waals surface area contributed by atoms with Crippen molar-refractivity contribution in [2.75, 3.05) is 19.6 Å². The van der Waals surface area contributed by atoms with Crippen molar-refractivity contribution in [2.24, 2.45) is 0 Å². The van der Waals surface area contributed by atoms with Crippen LogP contribution in [0.3, 0.4) is 0 Å². The summed E-state index contributed by atoms with van der Waals surface area (Å²) < 4.78 is 2.11. The van der Waals surface area contributed by atoms with Gasteiger partial charge in [-0.25, -0.2) is 4.98 Å². The Kier molecular flexibility index (Phi) is 7.10. The van der Waals surface area contributed by atoms with Gasteiger partial charge in [0.25, 0.3) is 5.91 Å². The number of carbonyl (C=O) groups is 1. The van der Waals surface area contributed by atoms with Crippen molar-refractivity contribution in [1.82, 2.24) is 20.2 Å². The summed E-state index contributed by atoms with van der Waals surface area (Å²) in [7, 11) is 0. The molecule has 5 nitrogen and oxygen atoms in total. The predicted octanol–water partition coefficient (Wildman–Crippen LogP) is 5.40. The second-order valence-electron chi connectivity index (χ2n) is 7.45. The molecule has 0 unspecified atom stereocenters. The van der Waals surface area contributed by atoms with Crippen LogP contribution in [0.15, 0.2) is 66.7 Å². The molecule has 7 heteroatoms. The Morgan fingerprint density at radius 1 is 0.969 bits per heavy atom. The number of aromatic nitrogens is 2. The maximum Gasteiger partial charge on any atom is 0.251 e. The second-order valence-corrected chi connectivity index (χ2v) is 8.27. The van der Waals surface area contributed by atoms with Gasteiger partial charge in [0, 0.05) is 30.8 Å². The summed E-state index contributed by atoms with van der Waals surface area (Å²) in [5.41, 5.74) is 4.22. The van der Waals surface area contributed by atoms with Gasteiger partial charge in [0.1, 0.15) is 5.82 Å². The molecule has 32 heavy (non-hydrogen) atoms. The molecule has 3 aromatic carbocycles. The zero-order valence-electron chi connectivity index (χ0n) is 17.7. The number of nitrogens with zero attached hydrogens (tertiary/aromatic N) is 2.